The Kier molecular flexibility index (Phi) is 5.72. The largest absolute Gasteiger partial charge is 0.497 e. The van der Waals surface area contributed by atoms with Crippen LogP contribution < -0.4 is 4.74 Å². The fourth-order valence-corrected chi connectivity index (χ4v) is 2.22. The van der Waals surface area contributed by atoms with Gasteiger partial charge in [0.05, 0.1) is 18.9 Å². The van der Waals surface area contributed by atoms with Crippen LogP contribution >= 0.6 is 0 Å². The highest BCUT2D eigenvalue weighted by molar-refractivity contribution is 5.29. The van der Waals surface area contributed by atoms with E-state index >= 15 is 0 Å². The molecule has 0 fully saturated rings. The Labute approximate surface area is 126 Å². The average Bonchev–Trinajstić information content (AvgIpc) is 2.55. The van der Waals surface area contributed by atoms with Gasteiger partial charge >= 0.3 is 0 Å². The zero-order valence-corrected chi connectivity index (χ0v) is 12.6. The van der Waals surface area contributed by atoms with Crippen molar-refractivity contribution in [2.75, 3.05) is 20.2 Å². The Morgan fingerprint density at radius 1 is 1.24 bits per heavy atom. The van der Waals surface area contributed by atoms with Gasteiger partial charge in [0.1, 0.15) is 5.75 Å². The van der Waals surface area contributed by atoms with Crippen LogP contribution in [0.1, 0.15) is 24.3 Å². The molecular weight excluding hydrogens is 264 g/mol. The molecule has 112 valence electrons. The lowest BCUT2D eigenvalue weighted by atomic mass is 10.1. The van der Waals surface area contributed by atoms with Crippen LogP contribution in [0.15, 0.2) is 48.7 Å². The molecule has 0 saturated heterocycles. The summed E-state index contributed by atoms with van der Waals surface area (Å²) in [6.45, 7) is 4.25. The Balaban J connectivity index is 2.00. The maximum absolute atomic E-state index is 10.4. The highest BCUT2D eigenvalue weighted by Gasteiger charge is 2.13. The number of hydrogen-bond donors (Lipinski definition) is 1. The summed E-state index contributed by atoms with van der Waals surface area (Å²) in [7, 11) is 1.63. The van der Waals surface area contributed by atoms with Crippen molar-refractivity contribution in [2.45, 2.75) is 19.6 Å². The van der Waals surface area contributed by atoms with Crippen LogP contribution in [-0.2, 0) is 6.54 Å². The number of pyridine rings is 1. The predicted molar refractivity (Wildman–Crippen MR) is 83.1 cm³/mol. The van der Waals surface area contributed by atoms with Crippen molar-refractivity contribution >= 4 is 0 Å². The van der Waals surface area contributed by atoms with Gasteiger partial charge in [-0.3, -0.25) is 9.88 Å². The Morgan fingerprint density at radius 3 is 2.76 bits per heavy atom. The summed E-state index contributed by atoms with van der Waals surface area (Å²) in [5.41, 5.74) is 1.88. The van der Waals surface area contributed by atoms with Crippen LogP contribution in [0.4, 0.5) is 0 Å². The molecule has 0 saturated carbocycles. The monoisotopic (exact) mass is 286 g/mol. The predicted octanol–water partition coefficient (Wildman–Crippen LogP) is 2.65. The van der Waals surface area contributed by atoms with E-state index in [4.69, 9.17) is 4.74 Å². The van der Waals surface area contributed by atoms with Crippen molar-refractivity contribution in [1.29, 1.82) is 0 Å². The molecule has 1 atom stereocenters. The van der Waals surface area contributed by atoms with Crippen molar-refractivity contribution in [2.24, 2.45) is 0 Å². The molecule has 0 aliphatic heterocycles. The van der Waals surface area contributed by atoms with E-state index in [2.05, 4.69) is 16.8 Å². The number of rotatable bonds is 7. The number of aromatic nitrogens is 1. The van der Waals surface area contributed by atoms with Gasteiger partial charge in [0.2, 0.25) is 0 Å². The molecular formula is C17H22N2O2. The van der Waals surface area contributed by atoms with Crippen LogP contribution in [0.25, 0.3) is 0 Å². The van der Waals surface area contributed by atoms with E-state index in [9.17, 15) is 5.11 Å². The van der Waals surface area contributed by atoms with Gasteiger partial charge in [-0.25, -0.2) is 0 Å². The minimum atomic E-state index is -0.538. The number of aliphatic hydroxyl groups is 1. The summed E-state index contributed by atoms with van der Waals surface area (Å²) in [6.07, 6.45) is 1.26. The van der Waals surface area contributed by atoms with Gasteiger partial charge in [0, 0.05) is 19.3 Å². The van der Waals surface area contributed by atoms with E-state index in [-0.39, 0.29) is 0 Å². The lowest BCUT2D eigenvalue weighted by molar-refractivity contribution is 0.111. The van der Waals surface area contributed by atoms with E-state index < -0.39 is 6.10 Å². The summed E-state index contributed by atoms with van der Waals surface area (Å²) in [6, 6.07) is 13.5. The zero-order valence-electron chi connectivity index (χ0n) is 12.6. The second-order valence-corrected chi connectivity index (χ2v) is 4.94. The topological polar surface area (TPSA) is 45.6 Å². The first-order chi connectivity index (χ1) is 10.2. The third-order valence-corrected chi connectivity index (χ3v) is 3.47. The Bertz CT molecular complexity index is 545. The summed E-state index contributed by atoms with van der Waals surface area (Å²) < 4.78 is 5.20. The van der Waals surface area contributed by atoms with E-state index in [1.54, 1.807) is 13.3 Å². The fraction of sp³-hybridized carbons (Fsp3) is 0.353. The third kappa shape index (κ3) is 4.55. The molecule has 1 aromatic carbocycles. The number of hydrogen-bond acceptors (Lipinski definition) is 4. The van der Waals surface area contributed by atoms with Crippen molar-refractivity contribution in [1.82, 2.24) is 9.88 Å². The number of benzene rings is 1. The normalized spacial score (nSPS) is 12.4. The molecule has 2 aromatic rings. The van der Waals surface area contributed by atoms with Gasteiger partial charge in [-0.1, -0.05) is 25.1 Å². The summed E-state index contributed by atoms with van der Waals surface area (Å²) in [5.74, 6) is 0.763. The first-order valence-corrected chi connectivity index (χ1v) is 7.17. The van der Waals surface area contributed by atoms with Crippen molar-refractivity contribution in [3.8, 4) is 5.75 Å². The van der Waals surface area contributed by atoms with E-state index in [1.807, 2.05) is 42.5 Å². The third-order valence-electron chi connectivity index (χ3n) is 3.47. The molecule has 1 unspecified atom stereocenters. The van der Waals surface area contributed by atoms with Crippen LogP contribution in [0.3, 0.4) is 0 Å². The van der Waals surface area contributed by atoms with Gasteiger partial charge in [0.25, 0.3) is 0 Å². The van der Waals surface area contributed by atoms with Gasteiger partial charge in [-0.2, -0.15) is 0 Å². The van der Waals surface area contributed by atoms with Crippen LogP contribution in [-0.4, -0.2) is 35.2 Å². The fourth-order valence-electron chi connectivity index (χ4n) is 2.22. The molecule has 0 aliphatic carbocycles. The maximum Gasteiger partial charge on any atom is 0.119 e. The van der Waals surface area contributed by atoms with Crippen molar-refractivity contribution < 1.29 is 9.84 Å². The molecule has 1 N–H and O–H groups in total. The highest BCUT2D eigenvalue weighted by Crippen LogP contribution is 2.20. The zero-order chi connectivity index (χ0) is 15.1. The van der Waals surface area contributed by atoms with Crippen LogP contribution in [0.2, 0.25) is 0 Å². The first kappa shape index (κ1) is 15.5. The van der Waals surface area contributed by atoms with Crippen LogP contribution in [0.5, 0.6) is 5.75 Å². The number of ether oxygens (including phenoxy) is 1. The molecule has 0 bridgehead atoms. The quantitative estimate of drug-likeness (QED) is 0.850. The molecule has 0 amide bonds. The van der Waals surface area contributed by atoms with Crippen molar-refractivity contribution in [3.05, 3.63) is 59.9 Å². The standard InChI is InChI=1S/C17H22N2O2/c1-3-19(12-15-8-4-5-10-18-15)13-17(20)14-7-6-9-16(11-14)21-2/h4-11,17,20H,3,12-13H2,1-2H3. The van der Waals surface area contributed by atoms with Crippen molar-refractivity contribution in [3.63, 3.8) is 0 Å². The van der Waals surface area contributed by atoms with E-state index in [1.165, 1.54) is 0 Å². The van der Waals surface area contributed by atoms with Gasteiger partial charge < -0.3 is 9.84 Å². The smallest absolute Gasteiger partial charge is 0.119 e. The minimum Gasteiger partial charge on any atom is -0.497 e. The molecule has 0 aliphatic rings. The molecule has 0 spiro atoms. The Morgan fingerprint density at radius 2 is 2.10 bits per heavy atom. The number of nitrogens with zero attached hydrogens (tertiary/aromatic N) is 2. The summed E-state index contributed by atoms with van der Waals surface area (Å²) in [4.78, 5) is 6.50. The van der Waals surface area contributed by atoms with Gasteiger partial charge in [-0.05, 0) is 36.4 Å². The molecule has 4 heteroatoms. The Hall–Kier alpha value is -1.91. The molecule has 4 nitrogen and oxygen atoms in total. The lowest BCUT2D eigenvalue weighted by Gasteiger charge is -2.23. The number of methoxy groups -OCH3 is 1. The SMILES string of the molecule is CCN(Cc1ccccn1)CC(O)c1cccc(OC)c1. The van der Waals surface area contributed by atoms with Gasteiger partial charge in [0.15, 0.2) is 0 Å². The van der Waals surface area contributed by atoms with Gasteiger partial charge in [-0.15, -0.1) is 0 Å². The second-order valence-electron chi connectivity index (χ2n) is 4.94. The molecule has 0 radical (unpaired) electrons. The highest BCUT2D eigenvalue weighted by atomic mass is 16.5. The second kappa shape index (κ2) is 7.76. The average molecular weight is 286 g/mol. The number of likely N-dealkylation sites (N-methyl/N-ethyl adjacent to an activating group) is 1. The minimum absolute atomic E-state index is 0.538. The number of aliphatic hydroxyl groups excluding tert-OH is 1. The van der Waals surface area contributed by atoms with E-state index in [0.29, 0.717) is 6.54 Å². The maximum atomic E-state index is 10.4. The summed E-state index contributed by atoms with van der Waals surface area (Å²) in [5, 5.41) is 10.4. The lowest BCUT2D eigenvalue weighted by Crippen LogP contribution is -2.28. The van der Waals surface area contributed by atoms with E-state index in [0.717, 1.165) is 30.1 Å². The molecule has 2 rings (SSSR count). The molecule has 1 heterocycles. The van der Waals surface area contributed by atoms with Crippen LogP contribution in [0, 0.1) is 0 Å². The molecule has 1 aromatic heterocycles. The first-order valence-electron chi connectivity index (χ1n) is 7.17. The summed E-state index contributed by atoms with van der Waals surface area (Å²) >= 11 is 0. The molecule has 21 heavy (non-hydrogen) atoms.